The third-order valence-corrected chi connectivity index (χ3v) is 10.7. The first-order valence-electron chi connectivity index (χ1n) is 16.9. The predicted octanol–water partition coefficient (Wildman–Crippen LogP) is 12.2. The van der Waals surface area contributed by atoms with Gasteiger partial charge >= 0.3 is 23.9 Å². The van der Waals surface area contributed by atoms with Gasteiger partial charge in [0.05, 0.1) is 65.6 Å². The van der Waals surface area contributed by atoms with Crippen molar-refractivity contribution >= 4 is 104 Å². The highest BCUT2D eigenvalue weighted by atomic mass is 35.5. The van der Waals surface area contributed by atoms with Crippen LogP contribution in [0.4, 0.5) is 0 Å². The van der Waals surface area contributed by atoms with E-state index >= 15 is 0 Å². The van der Waals surface area contributed by atoms with E-state index in [0.717, 1.165) is 21.9 Å². The number of fused-ring (bicyclic) bond motifs is 1. The molecule has 290 valence electrons. The molecule has 0 N–H and O–H groups in total. The van der Waals surface area contributed by atoms with Crippen molar-refractivity contribution < 1.29 is 38.5 Å². The molecule has 0 fully saturated rings. The normalized spacial score (nSPS) is 11.7. The Morgan fingerprint density at radius 3 is 1.41 bits per heavy atom. The zero-order valence-electron chi connectivity index (χ0n) is 30.3. The molecule has 0 heterocycles. The van der Waals surface area contributed by atoms with Gasteiger partial charge in [-0.1, -0.05) is 122 Å². The predicted molar refractivity (Wildman–Crippen MR) is 218 cm³/mol. The number of rotatable bonds is 13. The number of carbonyl (C=O) groups is 4. The zero-order chi connectivity index (χ0) is 41.1. The van der Waals surface area contributed by atoms with Crippen molar-refractivity contribution in [2.75, 3.05) is 13.2 Å². The number of hydrogen-bond acceptors (Lipinski definition) is 7. The van der Waals surface area contributed by atoms with Gasteiger partial charge in [-0.15, -0.1) is 0 Å². The van der Waals surface area contributed by atoms with Crippen LogP contribution in [0.25, 0.3) is 10.8 Å². The number of ether oxygens (including phenoxy) is 3. The van der Waals surface area contributed by atoms with E-state index < -0.39 is 34.7 Å². The Labute approximate surface area is 353 Å². The summed E-state index contributed by atoms with van der Waals surface area (Å²) in [4.78, 5) is 49.5. The summed E-state index contributed by atoms with van der Waals surface area (Å²) in [5.74, 6) is -3.63. The van der Waals surface area contributed by atoms with E-state index in [2.05, 4.69) is 6.07 Å². The van der Waals surface area contributed by atoms with Gasteiger partial charge in [0.2, 0.25) is 0 Å². The average molecular weight is 877 g/mol. The van der Waals surface area contributed by atoms with E-state index in [1.165, 1.54) is 48.5 Å². The molecule has 0 bridgehead atoms. The molecule has 0 spiro atoms. The highest BCUT2D eigenvalue weighted by molar-refractivity contribution is 6.41. The van der Waals surface area contributed by atoms with Crippen molar-refractivity contribution in [2.24, 2.45) is 10.8 Å². The van der Waals surface area contributed by atoms with E-state index in [0.29, 0.717) is 22.9 Å². The largest absolute Gasteiger partial charge is 0.461 e. The topological polar surface area (TPSA) is 116 Å². The van der Waals surface area contributed by atoms with Crippen LogP contribution in [0.5, 0.6) is 5.75 Å². The van der Waals surface area contributed by atoms with Crippen molar-refractivity contribution in [2.45, 2.75) is 40.5 Å². The molecule has 56 heavy (non-hydrogen) atoms. The lowest BCUT2D eigenvalue weighted by Gasteiger charge is -2.26. The Bertz CT molecular complexity index is 2310. The van der Waals surface area contributed by atoms with E-state index in [-0.39, 0.29) is 61.3 Å². The Balaban J connectivity index is 1.21. The summed E-state index contributed by atoms with van der Waals surface area (Å²) in [6.45, 7) is 7.79. The van der Waals surface area contributed by atoms with Crippen LogP contribution in [0.2, 0.25) is 30.1 Å². The van der Waals surface area contributed by atoms with Gasteiger partial charge in [-0.2, -0.15) is 0 Å². The van der Waals surface area contributed by atoms with Crippen molar-refractivity contribution in [3.05, 3.63) is 142 Å². The lowest BCUT2D eigenvalue weighted by molar-refractivity contribution is 0.0335. The number of halogens is 6. The molecule has 14 heteroatoms. The summed E-state index contributed by atoms with van der Waals surface area (Å²) in [5.41, 5.74) is 0.509. The summed E-state index contributed by atoms with van der Waals surface area (Å²) >= 11 is 38.9. The van der Waals surface area contributed by atoms with Gasteiger partial charge in [0.1, 0.15) is 5.75 Å². The maximum Gasteiger partial charge on any atom is 0.386 e. The molecule has 0 aliphatic rings. The summed E-state index contributed by atoms with van der Waals surface area (Å²) in [7, 11) is 0. The molecule has 0 aliphatic heterocycles. The first-order chi connectivity index (χ1) is 26.3. The van der Waals surface area contributed by atoms with Gasteiger partial charge in [0, 0.05) is 33.7 Å². The van der Waals surface area contributed by atoms with Crippen molar-refractivity contribution in [3.63, 3.8) is 0 Å². The van der Waals surface area contributed by atoms with Crippen molar-refractivity contribution in [3.8, 4) is 5.75 Å². The number of benzene rings is 5. The SMILES string of the molecule is CC(C)(COC(=O)c1c(Cl)c[c]cc1Cl)Cc1ccc2c(Cl)c(CC(C)(C)COC(=O)c3c(Cl)cc(OC(=O)c4ccc(C([O])=O)cc4)cc3Cl)ccc2c1Cl. The minimum atomic E-state index is -1.38. The fourth-order valence-corrected chi connectivity index (χ4v) is 7.59. The van der Waals surface area contributed by atoms with Gasteiger partial charge < -0.3 is 14.2 Å². The molecule has 2 radical (unpaired) electrons. The third-order valence-electron chi connectivity index (χ3n) is 8.64. The monoisotopic (exact) mass is 874 g/mol. The summed E-state index contributed by atoms with van der Waals surface area (Å²) in [5, 5.41) is 13.6. The van der Waals surface area contributed by atoms with E-state index in [4.69, 9.17) is 83.8 Å². The van der Waals surface area contributed by atoms with Gasteiger partial charge in [0.25, 0.3) is 0 Å². The maximum absolute atomic E-state index is 13.2. The molecular weight excluding hydrogens is 845 g/mol. The zero-order valence-corrected chi connectivity index (χ0v) is 34.8. The second-order valence-electron chi connectivity index (χ2n) is 14.5. The second kappa shape index (κ2) is 17.6. The highest BCUT2D eigenvalue weighted by Crippen LogP contribution is 2.39. The minimum absolute atomic E-state index is 0.0219. The molecule has 8 nitrogen and oxygen atoms in total. The number of esters is 3. The third kappa shape index (κ3) is 10.3. The Hall–Kier alpha value is -4.02. The molecule has 0 unspecified atom stereocenters. The second-order valence-corrected chi connectivity index (χ2v) is 16.9. The van der Waals surface area contributed by atoms with Crippen LogP contribution in [0.3, 0.4) is 0 Å². The average Bonchev–Trinajstić information content (AvgIpc) is 3.12. The maximum atomic E-state index is 13.2. The van der Waals surface area contributed by atoms with E-state index in [9.17, 15) is 24.3 Å². The fourth-order valence-electron chi connectivity index (χ4n) is 5.85. The summed E-state index contributed by atoms with van der Waals surface area (Å²) < 4.78 is 16.6. The molecule has 0 amide bonds. The Kier molecular flexibility index (Phi) is 13.6. The number of carbonyl (C=O) groups excluding carboxylic acids is 4. The lowest BCUT2D eigenvalue weighted by atomic mass is 9.84. The van der Waals surface area contributed by atoms with Gasteiger partial charge in [-0.05, 0) is 66.4 Å². The van der Waals surface area contributed by atoms with E-state index in [1.54, 1.807) is 0 Å². The smallest absolute Gasteiger partial charge is 0.386 e. The standard InChI is InChI=1S/C42H32Cl6O8/c1-41(2,20-54-39(52)33-29(43)6-5-7-30(33)44)18-24-12-14-28-27(35(24)47)15-13-25(36(28)48)19-42(3,4)21-55-40(53)34-31(45)16-26(17-32(34)46)56-38(51)23-10-8-22(9-11-23)37(49)50/h6-17H,18-21H2,1-4H3. The highest BCUT2D eigenvalue weighted by Gasteiger charge is 2.28. The van der Waals surface area contributed by atoms with Gasteiger partial charge in [-0.25, -0.2) is 24.3 Å². The first kappa shape index (κ1) is 43.1. The Morgan fingerprint density at radius 2 is 0.982 bits per heavy atom. The molecule has 5 rings (SSSR count). The van der Waals surface area contributed by atoms with Gasteiger partial charge in [0.15, 0.2) is 0 Å². The summed E-state index contributed by atoms with van der Waals surface area (Å²) in [6.07, 6.45) is 0.919. The Morgan fingerprint density at radius 1 is 0.571 bits per heavy atom. The molecule has 0 saturated heterocycles. The van der Waals surface area contributed by atoms with Gasteiger partial charge in [-0.3, -0.25) is 0 Å². The molecule has 0 aromatic heterocycles. The van der Waals surface area contributed by atoms with Crippen LogP contribution in [-0.2, 0) is 27.4 Å². The first-order valence-corrected chi connectivity index (χ1v) is 19.1. The molecular formula is C42H32Cl6O8. The molecule has 5 aromatic carbocycles. The quantitative estimate of drug-likeness (QED) is 0.0854. The summed E-state index contributed by atoms with van der Waals surface area (Å²) in [6, 6.07) is 20.7. The van der Waals surface area contributed by atoms with Crippen LogP contribution in [0.15, 0.2) is 72.8 Å². The fraction of sp³-hybridized carbons (Fsp3) is 0.238. The van der Waals surface area contributed by atoms with Crippen LogP contribution < -0.4 is 4.74 Å². The minimum Gasteiger partial charge on any atom is -0.461 e. The van der Waals surface area contributed by atoms with Crippen molar-refractivity contribution in [1.29, 1.82) is 0 Å². The molecule has 0 atom stereocenters. The lowest BCUT2D eigenvalue weighted by Crippen LogP contribution is -2.25. The van der Waals surface area contributed by atoms with Crippen molar-refractivity contribution in [1.82, 2.24) is 0 Å². The molecule has 5 aromatic rings. The van der Waals surface area contributed by atoms with Crippen LogP contribution in [0.1, 0.15) is 80.3 Å². The molecule has 0 aliphatic carbocycles. The van der Waals surface area contributed by atoms with Crippen LogP contribution in [-0.4, -0.2) is 37.1 Å². The molecule has 0 saturated carbocycles. The number of hydrogen-bond donors (Lipinski definition) is 0. The van der Waals surface area contributed by atoms with E-state index in [1.807, 2.05) is 52.0 Å². The van der Waals surface area contributed by atoms with Crippen LogP contribution in [0, 0.1) is 16.9 Å². The van der Waals surface area contributed by atoms with Crippen LogP contribution >= 0.6 is 69.6 Å².